The number of aryl methyl sites for hydroxylation is 1. The Morgan fingerprint density at radius 1 is 0.938 bits per heavy atom. The molecule has 0 saturated carbocycles. The maximum atomic E-state index is 5.21. The lowest BCUT2D eigenvalue weighted by Gasteiger charge is -1.97. The van der Waals surface area contributed by atoms with Gasteiger partial charge in [0.1, 0.15) is 0 Å². The molecule has 2 nitrogen and oxygen atoms in total. The molecule has 2 aromatic carbocycles. The summed E-state index contributed by atoms with van der Waals surface area (Å²) in [6.07, 6.45) is 1.70. The van der Waals surface area contributed by atoms with E-state index in [4.69, 9.17) is 4.84 Å². The largest absolute Gasteiger partial charge is 0.357 e. The summed E-state index contributed by atoms with van der Waals surface area (Å²) in [5.41, 5.74) is 2.27. The van der Waals surface area contributed by atoms with Gasteiger partial charge in [0.15, 0.2) is 5.75 Å². The molecule has 16 heavy (non-hydrogen) atoms. The van der Waals surface area contributed by atoms with Gasteiger partial charge in [-0.25, -0.2) is 0 Å². The third kappa shape index (κ3) is 2.95. The molecule has 0 heterocycles. The van der Waals surface area contributed by atoms with Crippen LogP contribution in [0, 0.1) is 6.92 Å². The molecule has 0 aliphatic carbocycles. The van der Waals surface area contributed by atoms with Crippen LogP contribution < -0.4 is 4.84 Å². The molecule has 0 aromatic heterocycles. The van der Waals surface area contributed by atoms with Gasteiger partial charge in [0.25, 0.3) is 0 Å². The molecular weight excluding hydrogens is 198 g/mol. The van der Waals surface area contributed by atoms with Gasteiger partial charge in [-0.05, 0) is 24.6 Å². The molecule has 0 fully saturated rings. The summed E-state index contributed by atoms with van der Waals surface area (Å²) in [5, 5.41) is 3.92. The van der Waals surface area contributed by atoms with Crippen molar-refractivity contribution in [1.29, 1.82) is 0 Å². The third-order valence-corrected chi connectivity index (χ3v) is 2.18. The van der Waals surface area contributed by atoms with E-state index in [1.807, 2.05) is 54.6 Å². The maximum absolute atomic E-state index is 5.21. The smallest absolute Gasteiger partial charge is 0.157 e. The molecule has 0 atom stereocenters. The van der Waals surface area contributed by atoms with Crippen LogP contribution in [0.2, 0.25) is 0 Å². The summed E-state index contributed by atoms with van der Waals surface area (Å²) in [6.45, 7) is 2.06. The highest BCUT2D eigenvalue weighted by Crippen LogP contribution is 2.08. The highest BCUT2D eigenvalue weighted by atomic mass is 16.6. The van der Waals surface area contributed by atoms with E-state index in [-0.39, 0.29) is 0 Å². The van der Waals surface area contributed by atoms with Crippen molar-refractivity contribution in [2.45, 2.75) is 6.92 Å². The SMILES string of the molecule is Cc1ccc(/C=N/Oc2ccccc2)cc1. The zero-order valence-electron chi connectivity index (χ0n) is 9.13. The van der Waals surface area contributed by atoms with Crippen LogP contribution in [0.15, 0.2) is 59.8 Å². The van der Waals surface area contributed by atoms with Crippen molar-refractivity contribution < 1.29 is 4.84 Å². The van der Waals surface area contributed by atoms with Crippen LogP contribution in [0.3, 0.4) is 0 Å². The number of benzene rings is 2. The highest BCUT2D eigenvalue weighted by molar-refractivity contribution is 5.79. The van der Waals surface area contributed by atoms with Gasteiger partial charge < -0.3 is 4.84 Å². The lowest BCUT2D eigenvalue weighted by atomic mass is 10.2. The minimum Gasteiger partial charge on any atom is -0.357 e. The topological polar surface area (TPSA) is 21.6 Å². The number of para-hydroxylation sites is 1. The van der Waals surface area contributed by atoms with E-state index < -0.39 is 0 Å². The predicted octanol–water partition coefficient (Wildman–Crippen LogP) is 3.41. The van der Waals surface area contributed by atoms with Crippen molar-refractivity contribution in [2.75, 3.05) is 0 Å². The number of rotatable bonds is 3. The van der Waals surface area contributed by atoms with Crippen molar-refractivity contribution in [3.63, 3.8) is 0 Å². The Labute approximate surface area is 95.2 Å². The van der Waals surface area contributed by atoms with Crippen molar-refractivity contribution in [1.82, 2.24) is 0 Å². The molecule has 0 N–H and O–H groups in total. The molecule has 0 amide bonds. The van der Waals surface area contributed by atoms with E-state index in [0.29, 0.717) is 0 Å². The average Bonchev–Trinajstić information content (AvgIpc) is 2.33. The molecule has 80 valence electrons. The molecule has 0 bridgehead atoms. The highest BCUT2D eigenvalue weighted by Gasteiger charge is 1.89. The minimum atomic E-state index is 0.742. The summed E-state index contributed by atoms with van der Waals surface area (Å²) in [6, 6.07) is 17.6. The molecule has 0 radical (unpaired) electrons. The molecule has 2 rings (SSSR count). The van der Waals surface area contributed by atoms with Crippen LogP contribution in [0.1, 0.15) is 11.1 Å². The van der Waals surface area contributed by atoms with Crippen LogP contribution in [-0.2, 0) is 0 Å². The van der Waals surface area contributed by atoms with E-state index >= 15 is 0 Å². The van der Waals surface area contributed by atoms with Crippen molar-refractivity contribution in [2.24, 2.45) is 5.16 Å². The van der Waals surface area contributed by atoms with E-state index in [1.165, 1.54) is 5.56 Å². The molecule has 0 spiro atoms. The molecule has 0 unspecified atom stereocenters. The molecule has 0 aliphatic heterocycles. The van der Waals surface area contributed by atoms with E-state index in [1.54, 1.807) is 6.21 Å². The van der Waals surface area contributed by atoms with Gasteiger partial charge in [0.2, 0.25) is 0 Å². The normalized spacial score (nSPS) is 10.6. The first-order valence-corrected chi connectivity index (χ1v) is 5.17. The fourth-order valence-corrected chi connectivity index (χ4v) is 1.28. The predicted molar refractivity (Wildman–Crippen MR) is 65.8 cm³/mol. The molecule has 2 aromatic rings. The second-order valence-corrected chi connectivity index (χ2v) is 3.55. The van der Waals surface area contributed by atoms with E-state index in [2.05, 4.69) is 12.1 Å². The summed E-state index contributed by atoms with van der Waals surface area (Å²) < 4.78 is 0. The summed E-state index contributed by atoms with van der Waals surface area (Å²) >= 11 is 0. The van der Waals surface area contributed by atoms with Gasteiger partial charge >= 0.3 is 0 Å². The zero-order chi connectivity index (χ0) is 11.2. The van der Waals surface area contributed by atoms with Crippen LogP contribution in [0.4, 0.5) is 0 Å². The van der Waals surface area contributed by atoms with Crippen molar-refractivity contribution in [3.8, 4) is 5.75 Å². The number of nitrogens with zero attached hydrogens (tertiary/aromatic N) is 1. The lowest BCUT2D eigenvalue weighted by Crippen LogP contribution is -1.86. The van der Waals surface area contributed by atoms with Crippen LogP contribution >= 0.6 is 0 Å². The number of oxime groups is 1. The Hall–Kier alpha value is -2.09. The first kappa shape index (κ1) is 10.4. The van der Waals surface area contributed by atoms with Gasteiger partial charge in [0.05, 0.1) is 6.21 Å². The second-order valence-electron chi connectivity index (χ2n) is 3.55. The lowest BCUT2D eigenvalue weighted by molar-refractivity contribution is 0.344. The van der Waals surface area contributed by atoms with Crippen LogP contribution in [-0.4, -0.2) is 6.21 Å². The molecule has 0 saturated heterocycles. The van der Waals surface area contributed by atoms with Gasteiger partial charge in [-0.15, -0.1) is 0 Å². The first-order chi connectivity index (χ1) is 7.84. The minimum absolute atomic E-state index is 0.742. The Kier molecular flexibility index (Phi) is 3.34. The molecule has 2 heteroatoms. The average molecular weight is 211 g/mol. The monoisotopic (exact) mass is 211 g/mol. The first-order valence-electron chi connectivity index (χ1n) is 5.17. The van der Waals surface area contributed by atoms with Gasteiger partial charge in [-0.1, -0.05) is 53.2 Å². The molecular formula is C14H13NO. The van der Waals surface area contributed by atoms with Gasteiger partial charge in [-0.3, -0.25) is 0 Å². The quantitative estimate of drug-likeness (QED) is 0.563. The van der Waals surface area contributed by atoms with E-state index in [9.17, 15) is 0 Å². The fraction of sp³-hybridized carbons (Fsp3) is 0.0714. The molecule has 0 aliphatic rings. The van der Waals surface area contributed by atoms with Crippen LogP contribution in [0.25, 0.3) is 0 Å². The van der Waals surface area contributed by atoms with Gasteiger partial charge in [-0.2, -0.15) is 0 Å². The summed E-state index contributed by atoms with van der Waals surface area (Å²) in [5.74, 6) is 0.742. The Morgan fingerprint density at radius 2 is 1.62 bits per heavy atom. The Morgan fingerprint density at radius 3 is 2.31 bits per heavy atom. The Balaban J connectivity index is 1.98. The van der Waals surface area contributed by atoms with E-state index in [0.717, 1.165) is 11.3 Å². The zero-order valence-corrected chi connectivity index (χ0v) is 9.13. The second kappa shape index (κ2) is 5.12. The number of hydrogen-bond donors (Lipinski definition) is 0. The van der Waals surface area contributed by atoms with Crippen LogP contribution in [0.5, 0.6) is 5.75 Å². The maximum Gasteiger partial charge on any atom is 0.157 e. The summed E-state index contributed by atoms with van der Waals surface area (Å²) in [7, 11) is 0. The fourth-order valence-electron chi connectivity index (χ4n) is 1.28. The Bertz CT molecular complexity index is 460. The summed E-state index contributed by atoms with van der Waals surface area (Å²) in [4.78, 5) is 5.21. The standard InChI is InChI=1S/C14H13NO/c1-12-7-9-13(10-8-12)11-15-16-14-5-3-2-4-6-14/h2-11H,1H3/b15-11+. The van der Waals surface area contributed by atoms with Gasteiger partial charge in [0, 0.05) is 0 Å². The number of hydrogen-bond acceptors (Lipinski definition) is 2. The van der Waals surface area contributed by atoms with Crippen molar-refractivity contribution in [3.05, 3.63) is 65.7 Å². The third-order valence-electron chi connectivity index (χ3n) is 2.18. The van der Waals surface area contributed by atoms with Crippen molar-refractivity contribution >= 4 is 6.21 Å².